The van der Waals surface area contributed by atoms with E-state index < -0.39 is 0 Å². The van der Waals surface area contributed by atoms with Gasteiger partial charge in [-0.25, -0.2) is 9.97 Å². The molecule has 1 saturated carbocycles. The average molecular weight is 375 g/mol. The second kappa shape index (κ2) is 9.49. The first-order valence-electron chi connectivity index (χ1n) is 10.5. The van der Waals surface area contributed by atoms with E-state index in [1.54, 1.807) is 0 Å². The minimum atomic E-state index is 0.163. The van der Waals surface area contributed by atoms with E-state index in [0.29, 0.717) is 24.0 Å². The van der Waals surface area contributed by atoms with Gasteiger partial charge in [0.15, 0.2) is 0 Å². The summed E-state index contributed by atoms with van der Waals surface area (Å²) in [6.45, 7) is 5.73. The maximum atomic E-state index is 12.7. The summed E-state index contributed by atoms with van der Waals surface area (Å²) in [5, 5.41) is 3.46. The molecule has 1 aliphatic carbocycles. The van der Waals surface area contributed by atoms with Gasteiger partial charge in [-0.2, -0.15) is 0 Å². The molecular weight excluding hydrogens is 340 g/mol. The largest absolute Gasteiger partial charge is 0.378 e. The molecule has 6 nitrogen and oxygen atoms in total. The topological polar surface area (TPSA) is 67.4 Å². The van der Waals surface area contributed by atoms with Gasteiger partial charge in [-0.1, -0.05) is 0 Å². The highest BCUT2D eigenvalue weighted by molar-refractivity contribution is 5.78. The Kier molecular flexibility index (Phi) is 7.05. The zero-order valence-corrected chi connectivity index (χ0v) is 17.0. The van der Waals surface area contributed by atoms with Crippen molar-refractivity contribution in [1.29, 1.82) is 0 Å². The molecule has 2 aliphatic rings. The molecule has 0 radical (unpaired) electrons. The Bertz CT molecular complexity index is 602. The number of anilines is 1. The van der Waals surface area contributed by atoms with Gasteiger partial charge in [0.1, 0.15) is 0 Å². The van der Waals surface area contributed by atoms with Crippen LogP contribution in [-0.2, 0) is 9.53 Å². The van der Waals surface area contributed by atoms with E-state index in [-0.39, 0.29) is 5.92 Å². The minimum absolute atomic E-state index is 0.163. The molecule has 1 aromatic rings. The van der Waals surface area contributed by atoms with Crippen LogP contribution in [-0.4, -0.2) is 53.1 Å². The number of hydrogen-bond acceptors (Lipinski definition) is 5. The molecule has 27 heavy (non-hydrogen) atoms. The van der Waals surface area contributed by atoms with Gasteiger partial charge >= 0.3 is 0 Å². The number of carbonyl (C=O) groups is 1. The summed E-state index contributed by atoms with van der Waals surface area (Å²) in [7, 11) is 1.95. The second-order valence-electron chi connectivity index (χ2n) is 8.20. The third kappa shape index (κ3) is 5.89. The fourth-order valence-electron chi connectivity index (χ4n) is 4.31. The summed E-state index contributed by atoms with van der Waals surface area (Å²) in [5.74, 6) is 1.19. The summed E-state index contributed by atoms with van der Waals surface area (Å²) in [6, 6.07) is 2.34. The highest BCUT2D eigenvalue weighted by Gasteiger charge is 2.28. The smallest absolute Gasteiger partial charge is 0.225 e. The number of nitrogens with zero attached hydrogens (tertiary/aromatic N) is 3. The van der Waals surface area contributed by atoms with Gasteiger partial charge < -0.3 is 15.0 Å². The molecule has 150 valence electrons. The predicted octanol–water partition coefficient (Wildman–Crippen LogP) is 3.48. The number of rotatable bonds is 7. The normalized spacial score (nSPS) is 25.4. The van der Waals surface area contributed by atoms with E-state index in [0.717, 1.165) is 63.1 Å². The third-order valence-electron chi connectivity index (χ3n) is 5.81. The number of amides is 1. The standard InChI is InChI=1S/C21H34N4O2/c1-15-14-16(2)23-21(22-15)24-18-10-8-17(9-11-18)20(26)25(3)12-4-6-19-7-5-13-27-19/h14,17-19H,4-13H2,1-3H3,(H,22,23,24). The summed E-state index contributed by atoms with van der Waals surface area (Å²) >= 11 is 0. The number of aromatic nitrogens is 2. The quantitative estimate of drug-likeness (QED) is 0.791. The number of nitrogens with one attached hydrogen (secondary N) is 1. The highest BCUT2D eigenvalue weighted by atomic mass is 16.5. The molecule has 2 heterocycles. The van der Waals surface area contributed by atoms with Gasteiger partial charge in [0.2, 0.25) is 11.9 Å². The van der Waals surface area contributed by atoms with Gasteiger partial charge in [-0.15, -0.1) is 0 Å². The second-order valence-corrected chi connectivity index (χ2v) is 8.20. The molecule has 6 heteroatoms. The van der Waals surface area contributed by atoms with E-state index in [2.05, 4.69) is 15.3 Å². The number of aryl methyl sites for hydroxylation is 2. The molecule has 1 N–H and O–H groups in total. The van der Waals surface area contributed by atoms with Crippen LogP contribution in [0.3, 0.4) is 0 Å². The van der Waals surface area contributed by atoms with E-state index in [4.69, 9.17) is 4.74 Å². The van der Waals surface area contributed by atoms with Gasteiger partial charge in [0.25, 0.3) is 0 Å². The average Bonchev–Trinajstić information content (AvgIpc) is 3.14. The van der Waals surface area contributed by atoms with Crippen molar-refractivity contribution in [2.75, 3.05) is 25.5 Å². The van der Waals surface area contributed by atoms with Crippen LogP contribution in [0, 0.1) is 19.8 Å². The van der Waals surface area contributed by atoms with Crippen molar-refractivity contribution in [2.45, 2.75) is 77.4 Å². The van der Waals surface area contributed by atoms with Crippen LogP contribution < -0.4 is 5.32 Å². The molecule has 1 aromatic heterocycles. The van der Waals surface area contributed by atoms with E-state index >= 15 is 0 Å². The monoisotopic (exact) mass is 374 g/mol. The van der Waals surface area contributed by atoms with Gasteiger partial charge in [0.05, 0.1) is 6.10 Å². The molecule has 2 fully saturated rings. The van der Waals surface area contributed by atoms with E-state index in [1.807, 2.05) is 31.9 Å². The van der Waals surface area contributed by atoms with Crippen LogP contribution in [0.5, 0.6) is 0 Å². The Balaban J connectivity index is 1.39. The number of carbonyl (C=O) groups excluding carboxylic acids is 1. The summed E-state index contributed by atoms with van der Waals surface area (Å²) in [4.78, 5) is 23.6. The lowest BCUT2D eigenvalue weighted by atomic mass is 9.85. The summed E-state index contributed by atoms with van der Waals surface area (Å²) in [5.41, 5.74) is 1.97. The zero-order chi connectivity index (χ0) is 19.2. The van der Waals surface area contributed by atoms with E-state index in [9.17, 15) is 4.79 Å². The Labute approximate surface area is 163 Å². The molecule has 0 aromatic carbocycles. The van der Waals surface area contributed by atoms with Crippen molar-refractivity contribution < 1.29 is 9.53 Å². The first kappa shape index (κ1) is 20.1. The van der Waals surface area contributed by atoms with Crippen LogP contribution in [0.1, 0.15) is 62.8 Å². The van der Waals surface area contributed by atoms with Crippen molar-refractivity contribution >= 4 is 11.9 Å². The molecule has 1 aliphatic heterocycles. The molecule has 1 unspecified atom stereocenters. The van der Waals surface area contributed by atoms with Gasteiger partial charge in [-0.3, -0.25) is 4.79 Å². The van der Waals surface area contributed by atoms with Crippen LogP contribution in [0.25, 0.3) is 0 Å². The van der Waals surface area contributed by atoms with Crippen LogP contribution in [0.15, 0.2) is 6.07 Å². The Hall–Kier alpha value is -1.69. The lowest BCUT2D eigenvalue weighted by molar-refractivity contribution is -0.135. The van der Waals surface area contributed by atoms with Crippen LogP contribution in [0.2, 0.25) is 0 Å². The van der Waals surface area contributed by atoms with Gasteiger partial charge in [0, 0.05) is 43.5 Å². The van der Waals surface area contributed by atoms with Crippen molar-refractivity contribution in [3.05, 3.63) is 17.5 Å². The molecule has 1 saturated heterocycles. The Morgan fingerprint density at radius 2 is 1.89 bits per heavy atom. The van der Waals surface area contributed by atoms with Crippen LogP contribution >= 0.6 is 0 Å². The molecule has 1 amide bonds. The Morgan fingerprint density at radius 1 is 1.19 bits per heavy atom. The molecule has 0 spiro atoms. The first-order valence-corrected chi connectivity index (χ1v) is 10.5. The highest BCUT2D eigenvalue weighted by Crippen LogP contribution is 2.27. The lowest BCUT2D eigenvalue weighted by Gasteiger charge is -2.31. The fourth-order valence-corrected chi connectivity index (χ4v) is 4.31. The maximum absolute atomic E-state index is 12.7. The maximum Gasteiger partial charge on any atom is 0.225 e. The van der Waals surface area contributed by atoms with Crippen molar-refractivity contribution in [1.82, 2.24) is 14.9 Å². The lowest BCUT2D eigenvalue weighted by Crippen LogP contribution is -2.38. The Morgan fingerprint density at radius 3 is 2.52 bits per heavy atom. The molecule has 1 atom stereocenters. The number of ether oxygens (including phenoxy) is 1. The van der Waals surface area contributed by atoms with Crippen molar-refractivity contribution in [3.63, 3.8) is 0 Å². The molecule has 3 rings (SSSR count). The number of hydrogen-bond donors (Lipinski definition) is 1. The summed E-state index contributed by atoms with van der Waals surface area (Å²) < 4.78 is 5.67. The zero-order valence-electron chi connectivity index (χ0n) is 17.0. The first-order chi connectivity index (χ1) is 13.0. The summed E-state index contributed by atoms with van der Waals surface area (Å²) in [6.07, 6.45) is 8.77. The minimum Gasteiger partial charge on any atom is -0.378 e. The third-order valence-corrected chi connectivity index (χ3v) is 5.81. The molecule has 0 bridgehead atoms. The predicted molar refractivity (Wildman–Crippen MR) is 107 cm³/mol. The fraction of sp³-hybridized carbons (Fsp3) is 0.762. The SMILES string of the molecule is Cc1cc(C)nc(NC2CCC(C(=O)N(C)CCCC3CCCO3)CC2)n1. The molecular formula is C21H34N4O2. The van der Waals surface area contributed by atoms with E-state index in [1.165, 1.54) is 12.8 Å². The van der Waals surface area contributed by atoms with Gasteiger partial charge in [-0.05, 0) is 71.3 Å². The van der Waals surface area contributed by atoms with Crippen molar-refractivity contribution in [2.24, 2.45) is 5.92 Å². The van der Waals surface area contributed by atoms with Crippen molar-refractivity contribution in [3.8, 4) is 0 Å². The van der Waals surface area contributed by atoms with Crippen LogP contribution in [0.4, 0.5) is 5.95 Å².